The Morgan fingerprint density at radius 3 is 2.24 bits per heavy atom. The molecule has 0 radical (unpaired) electrons. The first-order valence-corrected chi connectivity index (χ1v) is 15.5. The zero-order valence-corrected chi connectivity index (χ0v) is 25.7. The van der Waals surface area contributed by atoms with Gasteiger partial charge in [0.2, 0.25) is 11.8 Å². The van der Waals surface area contributed by atoms with Crippen molar-refractivity contribution in [1.29, 1.82) is 0 Å². The van der Waals surface area contributed by atoms with Gasteiger partial charge >= 0.3 is 0 Å². The molecule has 1 atom stereocenters. The highest BCUT2D eigenvalue weighted by Gasteiger charge is 2.34. The van der Waals surface area contributed by atoms with Gasteiger partial charge in [-0.05, 0) is 60.9 Å². The van der Waals surface area contributed by atoms with Crippen LogP contribution in [0.25, 0.3) is 0 Å². The molecular formula is C30H35Cl2N3O5S. The van der Waals surface area contributed by atoms with Crippen molar-refractivity contribution in [1.82, 2.24) is 10.2 Å². The van der Waals surface area contributed by atoms with E-state index in [1.165, 1.54) is 35.2 Å². The number of methoxy groups -OCH3 is 1. The van der Waals surface area contributed by atoms with Crippen molar-refractivity contribution in [2.75, 3.05) is 24.5 Å². The van der Waals surface area contributed by atoms with Crippen LogP contribution in [0.15, 0.2) is 77.7 Å². The van der Waals surface area contributed by atoms with Crippen molar-refractivity contribution in [3.05, 3.63) is 88.4 Å². The summed E-state index contributed by atoms with van der Waals surface area (Å²) in [4.78, 5) is 28.8. The highest BCUT2D eigenvalue weighted by atomic mass is 35.5. The summed E-state index contributed by atoms with van der Waals surface area (Å²) in [6.45, 7) is 3.80. The van der Waals surface area contributed by atoms with Crippen LogP contribution in [-0.2, 0) is 26.2 Å². The van der Waals surface area contributed by atoms with Gasteiger partial charge in [-0.25, -0.2) is 8.42 Å². The van der Waals surface area contributed by atoms with E-state index in [0.717, 1.165) is 22.7 Å². The number of carbonyl (C=O) groups excluding carboxylic acids is 2. The number of nitrogens with zero attached hydrogens (tertiary/aromatic N) is 2. The molecule has 0 aliphatic carbocycles. The zero-order valence-electron chi connectivity index (χ0n) is 23.3. The van der Waals surface area contributed by atoms with Gasteiger partial charge in [-0.15, -0.1) is 0 Å². The van der Waals surface area contributed by atoms with E-state index in [4.69, 9.17) is 27.9 Å². The van der Waals surface area contributed by atoms with Crippen LogP contribution in [0.1, 0.15) is 38.7 Å². The predicted molar refractivity (Wildman–Crippen MR) is 163 cm³/mol. The van der Waals surface area contributed by atoms with Crippen molar-refractivity contribution < 1.29 is 22.7 Å². The van der Waals surface area contributed by atoms with Crippen LogP contribution in [0.2, 0.25) is 10.0 Å². The minimum Gasteiger partial charge on any atom is -0.497 e. The molecule has 1 unspecified atom stereocenters. The lowest BCUT2D eigenvalue weighted by atomic mass is 10.1. The number of nitrogens with one attached hydrogen (secondary N) is 1. The highest BCUT2D eigenvalue weighted by Crippen LogP contribution is 2.33. The van der Waals surface area contributed by atoms with Gasteiger partial charge in [0.15, 0.2) is 0 Å². The van der Waals surface area contributed by atoms with Crippen LogP contribution in [-0.4, -0.2) is 51.4 Å². The lowest BCUT2D eigenvalue weighted by Crippen LogP contribution is -2.52. The SMILES string of the molecule is CCCCNC(=O)C(CC)N(Cc1ccc(OC)cc1)C(=O)CN(c1ccc(Cl)cc1Cl)S(=O)(=O)c1ccccc1. The van der Waals surface area contributed by atoms with Crippen LogP contribution in [0.4, 0.5) is 5.69 Å². The van der Waals surface area contributed by atoms with Gasteiger partial charge < -0.3 is 15.0 Å². The fourth-order valence-corrected chi connectivity index (χ4v) is 6.28. The molecule has 2 amide bonds. The molecule has 0 heterocycles. The molecule has 220 valence electrons. The molecule has 3 aromatic carbocycles. The number of halogens is 2. The number of ether oxygens (including phenoxy) is 1. The molecule has 0 aliphatic heterocycles. The highest BCUT2D eigenvalue weighted by molar-refractivity contribution is 7.92. The monoisotopic (exact) mass is 619 g/mol. The Labute approximate surface area is 252 Å². The molecule has 0 spiro atoms. The molecule has 41 heavy (non-hydrogen) atoms. The summed E-state index contributed by atoms with van der Waals surface area (Å²) in [5.74, 6) is -0.220. The third kappa shape index (κ3) is 8.38. The van der Waals surface area contributed by atoms with Crippen LogP contribution in [0.5, 0.6) is 5.75 Å². The maximum Gasteiger partial charge on any atom is 0.264 e. The summed E-state index contributed by atoms with van der Waals surface area (Å²) in [5, 5.41) is 3.29. The second kappa shape index (κ2) is 15.1. The first-order chi connectivity index (χ1) is 19.6. The van der Waals surface area contributed by atoms with Crippen LogP contribution < -0.4 is 14.4 Å². The standard InChI is InChI=1S/C30H35Cl2N3O5S/c1-4-6-18-33-30(37)27(5-2)34(20-22-12-15-24(40-3)16-13-22)29(36)21-35(28-17-14-23(31)19-26(28)32)41(38,39)25-10-8-7-9-11-25/h7-17,19,27H,4-6,18,20-21H2,1-3H3,(H,33,37). The van der Waals surface area contributed by atoms with Crippen molar-refractivity contribution in [3.8, 4) is 5.75 Å². The molecule has 0 fully saturated rings. The van der Waals surface area contributed by atoms with E-state index in [1.54, 1.807) is 49.6 Å². The first-order valence-electron chi connectivity index (χ1n) is 13.3. The van der Waals surface area contributed by atoms with Crippen LogP contribution in [0.3, 0.4) is 0 Å². The van der Waals surface area contributed by atoms with Crippen molar-refractivity contribution in [2.24, 2.45) is 0 Å². The molecule has 0 saturated carbocycles. The second-order valence-corrected chi connectivity index (χ2v) is 12.1. The lowest BCUT2D eigenvalue weighted by Gasteiger charge is -2.33. The molecule has 0 aromatic heterocycles. The maximum absolute atomic E-state index is 14.1. The Balaban J connectivity index is 2.05. The van der Waals surface area contributed by atoms with Crippen molar-refractivity contribution in [2.45, 2.75) is 50.6 Å². The third-order valence-corrected chi connectivity index (χ3v) is 8.83. The number of anilines is 1. The fraction of sp³-hybridized carbons (Fsp3) is 0.333. The Morgan fingerprint density at radius 1 is 0.976 bits per heavy atom. The van der Waals surface area contributed by atoms with Crippen LogP contribution >= 0.6 is 23.2 Å². The zero-order chi connectivity index (χ0) is 30.0. The molecule has 3 rings (SSSR count). The minimum atomic E-state index is -4.23. The summed E-state index contributed by atoms with van der Waals surface area (Å²) in [6.07, 6.45) is 2.03. The fourth-order valence-electron chi connectivity index (χ4n) is 4.27. The van der Waals surface area contributed by atoms with E-state index >= 15 is 0 Å². The summed E-state index contributed by atoms with van der Waals surface area (Å²) in [6, 6.07) is 18.5. The van der Waals surface area contributed by atoms with Gasteiger partial charge in [0.05, 0.1) is 22.7 Å². The van der Waals surface area contributed by atoms with E-state index in [-0.39, 0.29) is 28.1 Å². The Kier molecular flexibility index (Phi) is 11.9. The third-order valence-electron chi connectivity index (χ3n) is 6.52. The molecule has 8 nitrogen and oxygen atoms in total. The summed E-state index contributed by atoms with van der Waals surface area (Å²) < 4.78 is 34.0. The number of unbranched alkanes of at least 4 members (excludes halogenated alkanes) is 1. The topological polar surface area (TPSA) is 96.0 Å². The molecule has 0 saturated heterocycles. The number of benzene rings is 3. The molecule has 1 N–H and O–H groups in total. The average Bonchev–Trinajstić information content (AvgIpc) is 2.97. The largest absolute Gasteiger partial charge is 0.497 e. The molecule has 0 aliphatic rings. The summed E-state index contributed by atoms with van der Waals surface area (Å²) in [7, 11) is -2.67. The van der Waals surface area contributed by atoms with E-state index in [9.17, 15) is 18.0 Å². The molecule has 11 heteroatoms. The quantitative estimate of drug-likeness (QED) is 0.226. The number of rotatable bonds is 14. The van der Waals surface area contributed by atoms with E-state index in [2.05, 4.69) is 5.32 Å². The number of sulfonamides is 1. The first kappa shape index (κ1) is 32.2. The molecular weight excluding hydrogens is 585 g/mol. The van der Waals surface area contributed by atoms with Gasteiger partial charge in [0.25, 0.3) is 10.0 Å². The van der Waals surface area contributed by atoms with Crippen molar-refractivity contribution >= 4 is 50.7 Å². The number of hydrogen-bond acceptors (Lipinski definition) is 5. The van der Waals surface area contributed by atoms with E-state index in [1.807, 2.05) is 13.8 Å². The number of carbonyl (C=O) groups is 2. The average molecular weight is 621 g/mol. The summed E-state index contributed by atoms with van der Waals surface area (Å²) in [5.41, 5.74) is 0.846. The smallest absolute Gasteiger partial charge is 0.264 e. The summed E-state index contributed by atoms with van der Waals surface area (Å²) >= 11 is 12.5. The number of amides is 2. The van der Waals surface area contributed by atoms with E-state index < -0.39 is 28.5 Å². The lowest BCUT2D eigenvalue weighted by molar-refractivity contribution is -0.140. The molecule has 0 bridgehead atoms. The Morgan fingerprint density at radius 2 is 1.66 bits per heavy atom. The second-order valence-electron chi connectivity index (χ2n) is 9.36. The van der Waals surface area contributed by atoms with Gasteiger partial charge in [-0.2, -0.15) is 0 Å². The van der Waals surface area contributed by atoms with Gasteiger partial charge in [0, 0.05) is 18.1 Å². The maximum atomic E-state index is 14.1. The predicted octanol–water partition coefficient (Wildman–Crippen LogP) is 5.92. The van der Waals surface area contributed by atoms with Gasteiger partial charge in [-0.1, -0.05) is 73.8 Å². The van der Waals surface area contributed by atoms with Gasteiger partial charge in [0.1, 0.15) is 18.3 Å². The molecule has 3 aromatic rings. The van der Waals surface area contributed by atoms with E-state index in [0.29, 0.717) is 23.7 Å². The number of hydrogen-bond donors (Lipinski definition) is 1. The normalized spacial score (nSPS) is 11.9. The van der Waals surface area contributed by atoms with Gasteiger partial charge in [-0.3, -0.25) is 13.9 Å². The Bertz CT molecular complexity index is 1420. The van der Waals surface area contributed by atoms with Crippen LogP contribution in [0, 0.1) is 0 Å². The Hall–Kier alpha value is -3.27. The minimum absolute atomic E-state index is 0.00938. The van der Waals surface area contributed by atoms with Crippen molar-refractivity contribution in [3.63, 3.8) is 0 Å².